The lowest BCUT2D eigenvalue weighted by atomic mass is 9.82. The van der Waals surface area contributed by atoms with E-state index in [2.05, 4.69) is 11.9 Å². The maximum Gasteiger partial charge on any atom is 0.104 e. The minimum Gasteiger partial charge on any atom is -0.384 e. The topological polar surface area (TPSA) is 32.6 Å². The van der Waals surface area contributed by atoms with E-state index in [1.165, 1.54) is 0 Å². The van der Waals surface area contributed by atoms with Crippen molar-refractivity contribution < 1.29 is 5.11 Å². The van der Waals surface area contributed by atoms with Crippen molar-refractivity contribution in [2.45, 2.75) is 53.1 Å². The van der Waals surface area contributed by atoms with Crippen molar-refractivity contribution >= 4 is 5.71 Å². The molecule has 0 aliphatic heterocycles. The summed E-state index contributed by atoms with van der Waals surface area (Å²) in [4.78, 5) is 4.37. The van der Waals surface area contributed by atoms with Gasteiger partial charge in [-0.2, -0.15) is 0 Å². The fraction of sp³-hybridized carbons (Fsp3) is 0.909. The fourth-order valence-corrected chi connectivity index (χ4v) is 1.69. The Hall–Kier alpha value is -0.370. The molecule has 0 radical (unpaired) electrons. The Morgan fingerprint density at radius 2 is 1.85 bits per heavy atom. The van der Waals surface area contributed by atoms with Crippen molar-refractivity contribution in [2.75, 3.05) is 6.54 Å². The molecule has 0 aliphatic rings. The molecule has 13 heavy (non-hydrogen) atoms. The van der Waals surface area contributed by atoms with E-state index in [1.807, 2.05) is 27.7 Å². The Balaban J connectivity index is 4.80. The second-order valence-corrected chi connectivity index (χ2v) is 3.71. The molecular formula is C11H23NO. The predicted molar refractivity (Wildman–Crippen MR) is 58.3 cm³/mol. The molecule has 1 unspecified atom stereocenters. The molecule has 1 atom stereocenters. The molecule has 0 heterocycles. The summed E-state index contributed by atoms with van der Waals surface area (Å²) in [7, 11) is 0. The molecular weight excluding hydrogens is 162 g/mol. The van der Waals surface area contributed by atoms with Crippen LogP contribution in [0.25, 0.3) is 0 Å². The molecule has 2 nitrogen and oxygen atoms in total. The lowest BCUT2D eigenvalue weighted by Gasteiger charge is -2.32. The van der Waals surface area contributed by atoms with Gasteiger partial charge in [-0.25, -0.2) is 0 Å². The van der Waals surface area contributed by atoms with Gasteiger partial charge in [0.15, 0.2) is 0 Å². The SMILES string of the molecule is CCN=C(CC)C(O)(CC)C(C)C. The Labute approximate surface area is 82.1 Å². The molecule has 0 saturated carbocycles. The zero-order valence-corrected chi connectivity index (χ0v) is 9.59. The van der Waals surface area contributed by atoms with Gasteiger partial charge >= 0.3 is 0 Å². The van der Waals surface area contributed by atoms with E-state index < -0.39 is 5.60 Å². The van der Waals surface area contributed by atoms with E-state index in [1.54, 1.807) is 0 Å². The minimum absolute atomic E-state index is 0.239. The number of aliphatic hydroxyl groups is 1. The number of hydrogen-bond donors (Lipinski definition) is 1. The molecule has 0 fully saturated rings. The van der Waals surface area contributed by atoms with Crippen molar-refractivity contribution in [2.24, 2.45) is 10.9 Å². The molecule has 0 saturated heterocycles. The highest BCUT2D eigenvalue weighted by Crippen LogP contribution is 2.24. The van der Waals surface area contributed by atoms with Crippen LogP contribution in [0.2, 0.25) is 0 Å². The first-order chi connectivity index (χ1) is 6.02. The lowest BCUT2D eigenvalue weighted by Crippen LogP contribution is -2.43. The summed E-state index contributed by atoms with van der Waals surface area (Å²) in [6, 6.07) is 0. The van der Waals surface area contributed by atoms with Crippen LogP contribution in [0.4, 0.5) is 0 Å². The van der Waals surface area contributed by atoms with Crippen LogP contribution in [-0.2, 0) is 0 Å². The normalized spacial score (nSPS) is 17.6. The Kier molecular flexibility index (Phi) is 5.23. The van der Waals surface area contributed by atoms with E-state index in [-0.39, 0.29) is 5.92 Å². The first-order valence-electron chi connectivity index (χ1n) is 5.29. The van der Waals surface area contributed by atoms with Gasteiger partial charge in [-0.15, -0.1) is 0 Å². The van der Waals surface area contributed by atoms with Gasteiger partial charge in [0.25, 0.3) is 0 Å². The lowest BCUT2D eigenvalue weighted by molar-refractivity contribution is 0.0577. The molecule has 0 aromatic heterocycles. The van der Waals surface area contributed by atoms with Gasteiger partial charge < -0.3 is 5.11 Å². The molecule has 0 aromatic rings. The smallest absolute Gasteiger partial charge is 0.104 e. The van der Waals surface area contributed by atoms with Crippen LogP contribution in [0.15, 0.2) is 4.99 Å². The molecule has 0 aromatic carbocycles. The summed E-state index contributed by atoms with van der Waals surface area (Å²) < 4.78 is 0. The summed E-state index contributed by atoms with van der Waals surface area (Å²) >= 11 is 0. The van der Waals surface area contributed by atoms with Crippen molar-refractivity contribution in [1.82, 2.24) is 0 Å². The van der Waals surface area contributed by atoms with E-state index >= 15 is 0 Å². The number of rotatable bonds is 5. The summed E-state index contributed by atoms with van der Waals surface area (Å²) in [5.74, 6) is 0.239. The van der Waals surface area contributed by atoms with Crippen LogP contribution in [0.5, 0.6) is 0 Å². The Morgan fingerprint density at radius 3 is 2.08 bits per heavy atom. The van der Waals surface area contributed by atoms with E-state index in [0.717, 1.165) is 25.1 Å². The highest BCUT2D eigenvalue weighted by atomic mass is 16.3. The maximum atomic E-state index is 10.4. The third kappa shape index (κ3) is 2.80. The average Bonchev–Trinajstić information content (AvgIpc) is 2.12. The minimum atomic E-state index is -0.690. The summed E-state index contributed by atoms with van der Waals surface area (Å²) in [6.45, 7) is 10.9. The van der Waals surface area contributed by atoms with Crippen LogP contribution in [-0.4, -0.2) is 23.0 Å². The van der Waals surface area contributed by atoms with Crippen molar-refractivity contribution in [3.8, 4) is 0 Å². The second-order valence-electron chi connectivity index (χ2n) is 3.71. The van der Waals surface area contributed by atoms with E-state index in [4.69, 9.17) is 0 Å². The van der Waals surface area contributed by atoms with Gasteiger partial charge in [0.1, 0.15) is 5.60 Å². The molecule has 0 amide bonds. The van der Waals surface area contributed by atoms with Crippen LogP contribution < -0.4 is 0 Å². The van der Waals surface area contributed by atoms with Crippen LogP contribution in [0, 0.1) is 5.92 Å². The van der Waals surface area contributed by atoms with Crippen LogP contribution >= 0.6 is 0 Å². The molecule has 0 spiro atoms. The Morgan fingerprint density at radius 1 is 1.31 bits per heavy atom. The quantitative estimate of drug-likeness (QED) is 0.656. The molecule has 0 rings (SSSR count). The molecule has 0 aliphatic carbocycles. The summed E-state index contributed by atoms with van der Waals surface area (Å²) in [5, 5.41) is 10.4. The number of hydrogen-bond acceptors (Lipinski definition) is 2. The third-order valence-electron chi connectivity index (χ3n) is 2.68. The largest absolute Gasteiger partial charge is 0.384 e. The predicted octanol–water partition coefficient (Wildman–Crippen LogP) is 2.65. The summed E-state index contributed by atoms with van der Waals surface area (Å²) in [6.07, 6.45) is 1.59. The van der Waals surface area contributed by atoms with Gasteiger partial charge in [0.2, 0.25) is 0 Å². The third-order valence-corrected chi connectivity index (χ3v) is 2.68. The molecule has 0 bridgehead atoms. The molecule has 1 N–H and O–H groups in total. The Bertz CT molecular complexity index is 175. The van der Waals surface area contributed by atoms with E-state index in [9.17, 15) is 5.11 Å². The standard InChI is InChI=1S/C11H23NO/c1-6-10(12-8-3)11(13,7-2)9(4)5/h9,13H,6-8H2,1-5H3. The van der Waals surface area contributed by atoms with E-state index in [0.29, 0.717) is 0 Å². The molecule has 78 valence electrons. The molecule has 2 heteroatoms. The summed E-state index contributed by atoms with van der Waals surface area (Å²) in [5.41, 5.74) is 0.262. The first-order valence-corrected chi connectivity index (χ1v) is 5.29. The fourth-order valence-electron chi connectivity index (χ4n) is 1.69. The van der Waals surface area contributed by atoms with Gasteiger partial charge in [-0.3, -0.25) is 4.99 Å². The van der Waals surface area contributed by atoms with Gasteiger partial charge in [0, 0.05) is 12.3 Å². The highest BCUT2D eigenvalue weighted by Gasteiger charge is 2.33. The highest BCUT2D eigenvalue weighted by molar-refractivity contribution is 5.92. The monoisotopic (exact) mass is 185 g/mol. The van der Waals surface area contributed by atoms with Crippen molar-refractivity contribution in [1.29, 1.82) is 0 Å². The van der Waals surface area contributed by atoms with Gasteiger partial charge in [0.05, 0.1) is 0 Å². The number of nitrogens with zero attached hydrogens (tertiary/aromatic N) is 1. The van der Waals surface area contributed by atoms with Crippen molar-refractivity contribution in [3.63, 3.8) is 0 Å². The van der Waals surface area contributed by atoms with Gasteiger partial charge in [-0.05, 0) is 25.7 Å². The van der Waals surface area contributed by atoms with Gasteiger partial charge in [-0.1, -0.05) is 27.7 Å². The zero-order chi connectivity index (χ0) is 10.5. The zero-order valence-electron chi connectivity index (χ0n) is 9.59. The van der Waals surface area contributed by atoms with Crippen molar-refractivity contribution in [3.05, 3.63) is 0 Å². The average molecular weight is 185 g/mol. The maximum absolute atomic E-state index is 10.4. The second kappa shape index (κ2) is 5.38. The number of aliphatic imine (C=N–C) groups is 1. The van der Waals surface area contributed by atoms with Crippen LogP contribution in [0.3, 0.4) is 0 Å². The first kappa shape index (κ1) is 12.6. The van der Waals surface area contributed by atoms with Crippen LogP contribution in [0.1, 0.15) is 47.5 Å².